The van der Waals surface area contributed by atoms with Gasteiger partial charge >= 0.3 is 0 Å². The summed E-state index contributed by atoms with van der Waals surface area (Å²) in [6, 6.07) is 19.9. The van der Waals surface area contributed by atoms with Gasteiger partial charge in [0.1, 0.15) is 0 Å². The van der Waals surface area contributed by atoms with Crippen LogP contribution in [0, 0.1) is 6.92 Å². The van der Waals surface area contributed by atoms with Gasteiger partial charge in [0.2, 0.25) is 5.91 Å². The van der Waals surface area contributed by atoms with Gasteiger partial charge in [-0.1, -0.05) is 60.7 Å². The third-order valence-corrected chi connectivity index (χ3v) is 2.79. The number of benzene rings is 2. The molecule has 0 unspecified atom stereocenters. The van der Waals surface area contributed by atoms with E-state index in [0.717, 1.165) is 11.1 Å². The summed E-state index contributed by atoms with van der Waals surface area (Å²) in [6.07, 6.45) is 0. The molecule has 91 valence electrons. The molecule has 0 fully saturated rings. The van der Waals surface area contributed by atoms with Crippen LogP contribution in [0.2, 0.25) is 0 Å². The molecule has 1 radical (unpaired) electrons. The minimum Gasteiger partial charge on any atom is -0.334 e. The van der Waals surface area contributed by atoms with Crippen molar-refractivity contribution in [1.29, 1.82) is 0 Å². The number of nitrogens with zero attached hydrogens (tertiary/aromatic N) is 1. The first-order chi connectivity index (χ1) is 8.75. The van der Waals surface area contributed by atoms with Crippen LogP contribution in [0.15, 0.2) is 60.7 Å². The lowest BCUT2D eigenvalue weighted by Gasteiger charge is -2.21. The van der Waals surface area contributed by atoms with Gasteiger partial charge in [-0.05, 0) is 11.1 Å². The fourth-order valence-electron chi connectivity index (χ4n) is 1.84. The van der Waals surface area contributed by atoms with Crippen molar-refractivity contribution in [3.8, 4) is 0 Å². The monoisotopic (exact) mass is 238 g/mol. The molecule has 0 aromatic heterocycles. The Labute approximate surface area is 108 Å². The van der Waals surface area contributed by atoms with E-state index >= 15 is 0 Å². The summed E-state index contributed by atoms with van der Waals surface area (Å²) in [5.74, 6) is -0.150. The molecule has 0 N–H and O–H groups in total. The van der Waals surface area contributed by atoms with Crippen LogP contribution in [-0.2, 0) is 17.9 Å². The number of rotatable bonds is 4. The Morgan fingerprint density at radius 3 is 1.56 bits per heavy atom. The highest BCUT2D eigenvalue weighted by Gasteiger charge is 2.09. The van der Waals surface area contributed by atoms with Crippen molar-refractivity contribution < 1.29 is 4.79 Å². The van der Waals surface area contributed by atoms with Gasteiger partial charge in [-0.2, -0.15) is 0 Å². The summed E-state index contributed by atoms with van der Waals surface area (Å²) in [7, 11) is 0. The maximum atomic E-state index is 11.6. The SMILES string of the molecule is [CH2]C(=O)N(Cc1ccccc1)Cc1ccccc1. The molecule has 2 heteroatoms. The first-order valence-corrected chi connectivity index (χ1v) is 5.94. The molecule has 2 nitrogen and oxygen atoms in total. The number of carbonyl (C=O) groups excluding carboxylic acids is 1. The molecular formula is C16H16NO. The Morgan fingerprint density at radius 2 is 1.22 bits per heavy atom. The lowest BCUT2D eigenvalue weighted by atomic mass is 10.1. The molecule has 0 aliphatic heterocycles. The van der Waals surface area contributed by atoms with Gasteiger partial charge in [-0.25, -0.2) is 0 Å². The van der Waals surface area contributed by atoms with E-state index in [9.17, 15) is 4.79 Å². The second-order valence-corrected chi connectivity index (χ2v) is 4.22. The Kier molecular flexibility index (Phi) is 4.13. The van der Waals surface area contributed by atoms with Crippen LogP contribution >= 0.6 is 0 Å². The summed E-state index contributed by atoms with van der Waals surface area (Å²) in [4.78, 5) is 13.3. The summed E-state index contributed by atoms with van der Waals surface area (Å²) in [5, 5.41) is 0. The van der Waals surface area contributed by atoms with Gasteiger partial charge in [0.25, 0.3) is 0 Å². The van der Waals surface area contributed by atoms with E-state index in [1.165, 1.54) is 0 Å². The number of amides is 1. The average molecular weight is 238 g/mol. The van der Waals surface area contributed by atoms with Crippen LogP contribution in [0.4, 0.5) is 0 Å². The Bertz CT molecular complexity index is 452. The zero-order valence-electron chi connectivity index (χ0n) is 10.3. The van der Waals surface area contributed by atoms with E-state index in [0.29, 0.717) is 13.1 Å². The summed E-state index contributed by atoms with van der Waals surface area (Å²) >= 11 is 0. The molecule has 0 saturated heterocycles. The van der Waals surface area contributed by atoms with Crippen molar-refractivity contribution in [1.82, 2.24) is 4.90 Å². The van der Waals surface area contributed by atoms with Crippen molar-refractivity contribution >= 4 is 5.91 Å². The van der Waals surface area contributed by atoms with Crippen LogP contribution in [-0.4, -0.2) is 10.8 Å². The molecular weight excluding hydrogens is 222 g/mol. The molecule has 2 aromatic carbocycles. The maximum absolute atomic E-state index is 11.6. The zero-order chi connectivity index (χ0) is 12.8. The van der Waals surface area contributed by atoms with E-state index < -0.39 is 0 Å². The predicted octanol–water partition coefficient (Wildman–Crippen LogP) is 3.05. The summed E-state index contributed by atoms with van der Waals surface area (Å²) in [5.41, 5.74) is 2.23. The topological polar surface area (TPSA) is 20.3 Å². The van der Waals surface area contributed by atoms with E-state index in [2.05, 4.69) is 6.92 Å². The van der Waals surface area contributed by atoms with E-state index in [1.54, 1.807) is 4.90 Å². The van der Waals surface area contributed by atoms with Gasteiger partial charge < -0.3 is 4.90 Å². The van der Waals surface area contributed by atoms with E-state index in [4.69, 9.17) is 0 Å². The largest absolute Gasteiger partial charge is 0.334 e. The summed E-state index contributed by atoms with van der Waals surface area (Å²) < 4.78 is 0. The second kappa shape index (κ2) is 6.01. The molecule has 0 bridgehead atoms. The smallest absolute Gasteiger partial charge is 0.223 e. The number of carbonyl (C=O) groups is 1. The highest BCUT2D eigenvalue weighted by molar-refractivity contribution is 5.80. The molecule has 18 heavy (non-hydrogen) atoms. The van der Waals surface area contributed by atoms with E-state index in [1.807, 2.05) is 60.7 Å². The third kappa shape index (κ3) is 3.45. The van der Waals surface area contributed by atoms with Crippen molar-refractivity contribution in [2.75, 3.05) is 0 Å². The van der Waals surface area contributed by atoms with Crippen LogP contribution in [0.3, 0.4) is 0 Å². The quantitative estimate of drug-likeness (QED) is 0.801. The molecule has 1 amide bonds. The Balaban J connectivity index is 2.08. The molecule has 0 heterocycles. The molecule has 0 saturated carbocycles. The van der Waals surface area contributed by atoms with Crippen molar-refractivity contribution in [2.24, 2.45) is 0 Å². The number of hydrogen-bond acceptors (Lipinski definition) is 1. The van der Waals surface area contributed by atoms with Gasteiger partial charge in [0.15, 0.2) is 0 Å². The minimum atomic E-state index is -0.150. The predicted molar refractivity (Wildman–Crippen MR) is 72.5 cm³/mol. The van der Waals surface area contributed by atoms with E-state index in [-0.39, 0.29) is 5.91 Å². The number of hydrogen-bond donors (Lipinski definition) is 0. The van der Waals surface area contributed by atoms with Gasteiger partial charge in [0, 0.05) is 20.0 Å². The highest BCUT2D eigenvalue weighted by Crippen LogP contribution is 2.09. The lowest BCUT2D eigenvalue weighted by Crippen LogP contribution is -2.27. The molecule has 0 atom stereocenters. The fourth-order valence-corrected chi connectivity index (χ4v) is 1.84. The van der Waals surface area contributed by atoms with Crippen molar-refractivity contribution in [2.45, 2.75) is 13.1 Å². The molecule has 2 rings (SSSR count). The van der Waals surface area contributed by atoms with Crippen LogP contribution < -0.4 is 0 Å². The fraction of sp³-hybridized carbons (Fsp3) is 0.125. The Morgan fingerprint density at radius 1 is 0.833 bits per heavy atom. The molecule has 0 aliphatic carbocycles. The van der Waals surface area contributed by atoms with Gasteiger partial charge in [0.05, 0.1) is 0 Å². The Hall–Kier alpha value is -2.09. The average Bonchev–Trinajstić information content (AvgIpc) is 2.40. The lowest BCUT2D eigenvalue weighted by molar-refractivity contribution is -0.127. The molecule has 2 aromatic rings. The standard InChI is InChI=1S/C16H16NO/c1-14(18)17(12-15-8-4-2-5-9-15)13-16-10-6-3-7-11-16/h2-11H,1,12-13H2. The maximum Gasteiger partial charge on any atom is 0.223 e. The van der Waals surface area contributed by atoms with Gasteiger partial charge in [-0.3, -0.25) is 4.79 Å². The van der Waals surface area contributed by atoms with Crippen molar-refractivity contribution in [3.63, 3.8) is 0 Å². The van der Waals surface area contributed by atoms with Crippen LogP contribution in [0.1, 0.15) is 11.1 Å². The zero-order valence-corrected chi connectivity index (χ0v) is 10.3. The molecule has 0 spiro atoms. The third-order valence-electron chi connectivity index (χ3n) is 2.79. The first-order valence-electron chi connectivity index (χ1n) is 5.94. The van der Waals surface area contributed by atoms with Crippen molar-refractivity contribution in [3.05, 3.63) is 78.7 Å². The van der Waals surface area contributed by atoms with Crippen LogP contribution in [0.5, 0.6) is 0 Å². The second-order valence-electron chi connectivity index (χ2n) is 4.22. The normalized spacial score (nSPS) is 10.1. The van der Waals surface area contributed by atoms with Gasteiger partial charge in [-0.15, -0.1) is 0 Å². The highest BCUT2D eigenvalue weighted by atomic mass is 16.2. The minimum absolute atomic E-state index is 0.150. The first kappa shape index (κ1) is 12.4. The summed E-state index contributed by atoms with van der Waals surface area (Å²) in [6.45, 7) is 4.71. The molecule has 0 aliphatic rings. The van der Waals surface area contributed by atoms with Crippen LogP contribution in [0.25, 0.3) is 0 Å².